The molecule has 198 valence electrons. The normalized spacial score (nSPS) is 25.2. The standard InChI is InChI=1S/C28H42N4O4/c1-2-14-31-19-22(17-24(31)33)27(35)30-23(16-20-9-5-3-6-10-20)26(34)25-28(36)32(15-13-29-25)18-21-11-7-4-8-12-21/h4,7-8,11-12,20,22-23,25-26,29,34H,2-3,5-6,9-10,13-19H2,1H3,(H,30,35)/t22?,23?,25-,26-/m0/s1. The summed E-state index contributed by atoms with van der Waals surface area (Å²) >= 11 is 0. The highest BCUT2D eigenvalue weighted by Gasteiger charge is 2.41. The molecule has 3 amide bonds. The predicted octanol–water partition coefficient (Wildman–Crippen LogP) is 2.06. The minimum atomic E-state index is -1.04. The van der Waals surface area contributed by atoms with Crippen LogP contribution in [0.1, 0.15) is 63.9 Å². The van der Waals surface area contributed by atoms with Crippen LogP contribution in [-0.2, 0) is 20.9 Å². The van der Waals surface area contributed by atoms with Crippen molar-refractivity contribution in [3.8, 4) is 0 Å². The quantitative estimate of drug-likeness (QED) is 0.458. The second-order valence-electron chi connectivity index (χ2n) is 10.8. The van der Waals surface area contributed by atoms with Gasteiger partial charge in [0.05, 0.1) is 18.1 Å². The molecule has 3 N–H and O–H groups in total. The maximum Gasteiger partial charge on any atom is 0.242 e. The molecule has 0 aromatic heterocycles. The van der Waals surface area contributed by atoms with Crippen LogP contribution in [-0.4, -0.2) is 77.0 Å². The Morgan fingerprint density at radius 3 is 2.61 bits per heavy atom. The minimum Gasteiger partial charge on any atom is -0.389 e. The van der Waals surface area contributed by atoms with Crippen molar-refractivity contribution >= 4 is 17.7 Å². The first kappa shape index (κ1) is 26.6. The Hall–Kier alpha value is -2.45. The van der Waals surface area contributed by atoms with Crippen LogP contribution in [0.2, 0.25) is 0 Å². The van der Waals surface area contributed by atoms with Crippen LogP contribution in [0.4, 0.5) is 0 Å². The number of nitrogens with zero attached hydrogens (tertiary/aromatic N) is 2. The van der Waals surface area contributed by atoms with Gasteiger partial charge in [-0.2, -0.15) is 0 Å². The number of nitrogens with one attached hydrogen (secondary N) is 2. The lowest BCUT2D eigenvalue weighted by molar-refractivity contribution is -0.141. The highest BCUT2D eigenvalue weighted by atomic mass is 16.3. The molecule has 2 heterocycles. The van der Waals surface area contributed by atoms with Crippen LogP contribution < -0.4 is 10.6 Å². The third-order valence-electron chi connectivity index (χ3n) is 8.01. The molecule has 1 aromatic rings. The number of likely N-dealkylation sites (tertiary alicyclic amines) is 1. The van der Waals surface area contributed by atoms with Crippen molar-refractivity contribution in [2.75, 3.05) is 26.2 Å². The number of carbonyl (C=O) groups is 3. The van der Waals surface area contributed by atoms with Crippen molar-refractivity contribution < 1.29 is 19.5 Å². The lowest BCUT2D eigenvalue weighted by atomic mass is 9.82. The molecule has 4 rings (SSSR count). The van der Waals surface area contributed by atoms with E-state index in [1.54, 1.807) is 9.80 Å². The SMILES string of the molecule is CCCN1CC(C(=O)NC(CC2CCCCC2)[C@H](O)[C@@H]2NCCN(Cc3ccccc3)C2=O)CC1=O. The smallest absolute Gasteiger partial charge is 0.242 e. The number of hydrogen-bond donors (Lipinski definition) is 3. The van der Waals surface area contributed by atoms with Crippen molar-refractivity contribution in [3.05, 3.63) is 35.9 Å². The van der Waals surface area contributed by atoms with Crippen molar-refractivity contribution in [1.82, 2.24) is 20.4 Å². The second kappa shape index (κ2) is 12.7. The van der Waals surface area contributed by atoms with E-state index in [1.807, 2.05) is 37.3 Å². The zero-order valence-corrected chi connectivity index (χ0v) is 21.5. The van der Waals surface area contributed by atoms with E-state index >= 15 is 0 Å². The van der Waals surface area contributed by atoms with Crippen LogP contribution in [0.25, 0.3) is 0 Å². The summed E-state index contributed by atoms with van der Waals surface area (Å²) in [7, 11) is 0. The second-order valence-corrected chi connectivity index (χ2v) is 10.8. The van der Waals surface area contributed by atoms with Crippen LogP contribution in [0.5, 0.6) is 0 Å². The van der Waals surface area contributed by atoms with E-state index in [0.29, 0.717) is 45.1 Å². The first-order valence-corrected chi connectivity index (χ1v) is 13.8. The molecular formula is C28H42N4O4. The highest BCUT2D eigenvalue weighted by molar-refractivity contribution is 5.89. The van der Waals surface area contributed by atoms with Crippen molar-refractivity contribution in [2.45, 2.75) is 83.0 Å². The lowest BCUT2D eigenvalue weighted by Gasteiger charge is -2.39. The summed E-state index contributed by atoms with van der Waals surface area (Å²) in [6.45, 7) is 4.78. The number of aliphatic hydroxyl groups is 1. The van der Waals surface area contributed by atoms with Gasteiger partial charge in [0, 0.05) is 39.1 Å². The van der Waals surface area contributed by atoms with Gasteiger partial charge in [-0.25, -0.2) is 0 Å². The Bertz CT molecular complexity index is 889. The van der Waals surface area contributed by atoms with E-state index in [2.05, 4.69) is 10.6 Å². The summed E-state index contributed by atoms with van der Waals surface area (Å²) in [5, 5.41) is 17.8. The Kier molecular flexibility index (Phi) is 9.37. The minimum absolute atomic E-state index is 0.0158. The molecule has 2 unspecified atom stereocenters. The van der Waals surface area contributed by atoms with E-state index in [0.717, 1.165) is 37.7 Å². The van der Waals surface area contributed by atoms with Gasteiger partial charge >= 0.3 is 0 Å². The fourth-order valence-corrected chi connectivity index (χ4v) is 6.01. The van der Waals surface area contributed by atoms with Gasteiger partial charge in [0.25, 0.3) is 0 Å². The fourth-order valence-electron chi connectivity index (χ4n) is 6.01. The summed E-state index contributed by atoms with van der Waals surface area (Å²) < 4.78 is 0. The van der Waals surface area contributed by atoms with Crippen LogP contribution in [0.3, 0.4) is 0 Å². The van der Waals surface area contributed by atoms with Gasteiger partial charge in [0.1, 0.15) is 6.04 Å². The molecule has 1 aliphatic carbocycles. The molecule has 3 aliphatic rings. The molecule has 36 heavy (non-hydrogen) atoms. The van der Waals surface area contributed by atoms with E-state index < -0.39 is 24.1 Å². The lowest BCUT2D eigenvalue weighted by Crippen LogP contribution is -2.64. The molecule has 2 saturated heterocycles. The number of benzene rings is 1. The van der Waals surface area contributed by atoms with Crippen molar-refractivity contribution in [1.29, 1.82) is 0 Å². The monoisotopic (exact) mass is 498 g/mol. The molecule has 0 radical (unpaired) electrons. The number of piperazine rings is 1. The average Bonchev–Trinajstić information content (AvgIpc) is 3.26. The van der Waals surface area contributed by atoms with Gasteiger partial charge in [-0.15, -0.1) is 0 Å². The Morgan fingerprint density at radius 1 is 1.14 bits per heavy atom. The largest absolute Gasteiger partial charge is 0.389 e. The Labute approximate surface area is 214 Å². The number of hydrogen-bond acceptors (Lipinski definition) is 5. The fraction of sp³-hybridized carbons (Fsp3) is 0.679. The Morgan fingerprint density at radius 2 is 1.89 bits per heavy atom. The summed E-state index contributed by atoms with van der Waals surface area (Å²) in [6, 6.07) is 8.56. The van der Waals surface area contributed by atoms with Crippen LogP contribution >= 0.6 is 0 Å². The maximum absolute atomic E-state index is 13.4. The van der Waals surface area contributed by atoms with Gasteiger partial charge in [-0.3, -0.25) is 14.4 Å². The molecule has 0 bridgehead atoms. The van der Waals surface area contributed by atoms with E-state index in [9.17, 15) is 19.5 Å². The first-order chi connectivity index (χ1) is 17.5. The topological polar surface area (TPSA) is 102 Å². The number of carbonyl (C=O) groups excluding carboxylic acids is 3. The van der Waals surface area contributed by atoms with E-state index in [1.165, 1.54) is 6.42 Å². The van der Waals surface area contributed by atoms with Gasteiger partial charge in [0.15, 0.2) is 0 Å². The predicted molar refractivity (Wildman–Crippen MR) is 138 cm³/mol. The van der Waals surface area contributed by atoms with Crippen molar-refractivity contribution in [2.24, 2.45) is 11.8 Å². The summed E-state index contributed by atoms with van der Waals surface area (Å²) in [5.74, 6) is -0.298. The summed E-state index contributed by atoms with van der Waals surface area (Å²) in [4.78, 5) is 42.5. The molecule has 8 heteroatoms. The maximum atomic E-state index is 13.4. The molecule has 8 nitrogen and oxygen atoms in total. The third-order valence-corrected chi connectivity index (χ3v) is 8.01. The zero-order chi connectivity index (χ0) is 25.5. The van der Waals surface area contributed by atoms with Gasteiger partial charge in [0.2, 0.25) is 17.7 Å². The summed E-state index contributed by atoms with van der Waals surface area (Å²) in [6.07, 6.45) is 6.40. The summed E-state index contributed by atoms with van der Waals surface area (Å²) in [5.41, 5.74) is 1.05. The molecule has 1 saturated carbocycles. The van der Waals surface area contributed by atoms with Gasteiger partial charge in [-0.1, -0.05) is 69.4 Å². The van der Waals surface area contributed by atoms with E-state index in [-0.39, 0.29) is 24.1 Å². The Balaban J connectivity index is 1.44. The van der Waals surface area contributed by atoms with E-state index in [4.69, 9.17) is 0 Å². The number of amides is 3. The first-order valence-electron chi connectivity index (χ1n) is 13.8. The molecule has 1 aromatic carbocycles. The third kappa shape index (κ3) is 6.65. The average molecular weight is 499 g/mol. The molecular weight excluding hydrogens is 456 g/mol. The molecule has 4 atom stereocenters. The molecule has 3 fully saturated rings. The van der Waals surface area contributed by atoms with Crippen molar-refractivity contribution in [3.63, 3.8) is 0 Å². The zero-order valence-electron chi connectivity index (χ0n) is 21.5. The number of rotatable bonds is 10. The number of aliphatic hydroxyl groups excluding tert-OH is 1. The molecule has 0 spiro atoms. The van der Waals surface area contributed by atoms with Gasteiger partial charge < -0.3 is 25.5 Å². The molecule has 2 aliphatic heterocycles. The highest BCUT2D eigenvalue weighted by Crippen LogP contribution is 2.29. The van der Waals surface area contributed by atoms with Crippen LogP contribution in [0.15, 0.2) is 30.3 Å². The van der Waals surface area contributed by atoms with Crippen LogP contribution in [0, 0.1) is 11.8 Å². The van der Waals surface area contributed by atoms with Gasteiger partial charge in [-0.05, 0) is 24.3 Å².